The molecule has 0 radical (unpaired) electrons. The van der Waals surface area contributed by atoms with Crippen molar-refractivity contribution < 1.29 is 0 Å². The third kappa shape index (κ3) is 3.16. The molecule has 0 fully saturated rings. The number of aryl methyl sites for hydroxylation is 1. The first-order valence-corrected chi connectivity index (χ1v) is 7.67. The van der Waals surface area contributed by atoms with Gasteiger partial charge in [0.2, 0.25) is 0 Å². The molecule has 0 spiro atoms. The molecule has 7 heteroatoms. The van der Waals surface area contributed by atoms with Gasteiger partial charge in [-0.05, 0) is 49.2 Å². The summed E-state index contributed by atoms with van der Waals surface area (Å²) in [6.45, 7) is 2.64. The molecular weight excluding hydrogens is 354 g/mol. The first-order valence-electron chi connectivity index (χ1n) is 6.50. The largest absolute Gasteiger partial charge is 0.368 e. The maximum atomic E-state index is 6.01. The fourth-order valence-electron chi connectivity index (χ4n) is 2.05. The van der Waals surface area contributed by atoms with Crippen molar-refractivity contribution in [1.29, 1.82) is 0 Å². The summed E-state index contributed by atoms with van der Waals surface area (Å²) >= 11 is 9.54. The highest BCUT2D eigenvalue weighted by Gasteiger charge is 2.04. The number of halogens is 2. The highest BCUT2D eigenvalue weighted by molar-refractivity contribution is 9.10. The highest BCUT2D eigenvalue weighted by Crippen LogP contribution is 2.21. The summed E-state index contributed by atoms with van der Waals surface area (Å²) in [6, 6.07) is 9.59. The van der Waals surface area contributed by atoms with Gasteiger partial charge in [-0.1, -0.05) is 27.5 Å². The molecule has 2 heterocycles. The van der Waals surface area contributed by atoms with Gasteiger partial charge in [0.25, 0.3) is 0 Å². The number of anilines is 1. The van der Waals surface area contributed by atoms with Gasteiger partial charge in [-0.25, -0.2) is 0 Å². The third-order valence-corrected chi connectivity index (χ3v) is 4.14. The van der Waals surface area contributed by atoms with Gasteiger partial charge in [-0.2, -0.15) is 4.52 Å². The average molecular weight is 367 g/mol. The molecule has 0 aliphatic carbocycles. The predicted molar refractivity (Wildman–Crippen MR) is 86.9 cm³/mol. The topological polar surface area (TPSA) is 55.1 Å². The van der Waals surface area contributed by atoms with E-state index in [-0.39, 0.29) is 0 Å². The lowest BCUT2D eigenvalue weighted by Crippen LogP contribution is -2.08. The molecule has 3 aromatic rings. The zero-order valence-electron chi connectivity index (χ0n) is 11.3. The first kappa shape index (κ1) is 14.3. The van der Waals surface area contributed by atoms with E-state index < -0.39 is 0 Å². The SMILES string of the molecule is Cc1nnc2ccc(NCCc3cc(Cl)ccc3Br)nn12. The van der Waals surface area contributed by atoms with Crippen LogP contribution in [0.15, 0.2) is 34.8 Å². The standard InChI is InChI=1S/C14H13BrClN5/c1-9-18-19-14-5-4-13(20-21(9)14)17-7-6-10-8-11(16)2-3-12(10)15/h2-5,8H,6-7H2,1H3,(H,17,20). The summed E-state index contributed by atoms with van der Waals surface area (Å²) in [5.74, 6) is 1.56. The molecule has 0 amide bonds. The van der Waals surface area contributed by atoms with Crippen molar-refractivity contribution in [3.63, 3.8) is 0 Å². The average Bonchev–Trinajstić information content (AvgIpc) is 2.84. The van der Waals surface area contributed by atoms with E-state index in [4.69, 9.17) is 11.6 Å². The van der Waals surface area contributed by atoms with Crippen molar-refractivity contribution in [2.75, 3.05) is 11.9 Å². The Balaban J connectivity index is 1.69. The molecule has 0 unspecified atom stereocenters. The molecule has 3 rings (SSSR count). The van der Waals surface area contributed by atoms with E-state index in [2.05, 4.69) is 36.5 Å². The van der Waals surface area contributed by atoms with E-state index in [0.29, 0.717) is 0 Å². The number of rotatable bonds is 4. The van der Waals surface area contributed by atoms with Crippen LogP contribution in [0.1, 0.15) is 11.4 Å². The Morgan fingerprint density at radius 3 is 2.95 bits per heavy atom. The van der Waals surface area contributed by atoms with Gasteiger partial charge in [0.1, 0.15) is 5.82 Å². The van der Waals surface area contributed by atoms with Crippen LogP contribution in [0.5, 0.6) is 0 Å². The quantitative estimate of drug-likeness (QED) is 0.768. The summed E-state index contributed by atoms with van der Waals surface area (Å²) in [4.78, 5) is 0. The van der Waals surface area contributed by atoms with Gasteiger partial charge in [-0.15, -0.1) is 15.3 Å². The Morgan fingerprint density at radius 2 is 2.10 bits per heavy atom. The Morgan fingerprint density at radius 1 is 1.24 bits per heavy atom. The number of nitrogens with zero attached hydrogens (tertiary/aromatic N) is 4. The molecule has 0 atom stereocenters. The second-order valence-electron chi connectivity index (χ2n) is 4.65. The van der Waals surface area contributed by atoms with Crippen molar-refractivity contribution in [3.8, 4) is 0 Å². The number of benzene rings is 1. The second-order valence-corrected chi connectivity index (χ2v) is 5.94. The lowest BCUT2D eigenvalue weighted by atomic mass is 10.1. The first-order chi connectivity index (χ1) is 10.1. The van der Waals surface area contributed by atoms with E-state index in [9.17, 15) is 0 Å². The van der Waals surface area contributed by atoms with Crippen LogP contribution < -0.4 is 5.32 Å². The smallest absolute Gasteiger partial charge is 0.178 e. The van der Waals surface area contributed by atoms with E-state index in [0.717, 1.165) is 45.3 Å². The van der Waals surface area contributed by atoms with Crippen LogP contribution in [0.2, 0.25) is 5.02 Å². The molecule has 0 saturated carbocycles. The monoisotopic (exact) mass is 365 g/mol. The molecule has 0 saturated heterocycles. The molecule has 1 aromatic carbocycles. The second kappa shape index (κ2) is 5.99. The number of aromatic nitrogens is 4. The molecule has 0 aliphatic heterocycles. The van der Waals surface area contributed by atoms with Crippen molar-refractivity contribution in [3.05, 3.63) is 51.2 Å². The third-order valence-electron chi connectivity index (χ3n) is 3.13. The van der Waals surface area contributed by atoms with E-state index >= 15 is 0 Å². The molecule has 2 aromatic heterocycles. The Kier molecular flexibility index (Phi) is 4.07. The van der Waals surface area contributed by atoms with Crippen LogP contribution in [0, 0.1) is 6.92 Å². The van der Waals surface area contributed by atoms with Gasteiger partial charge >= 0.3 is 0 Å². The number of hydrogen-bond donors (Lipinski definition) is 1. The van der Waals surface area contributed by atoms with E-state index in [1.54, 1.807) is 4.52 Å². The van der Waals surface area contributed by atoms with Crippen molar-refractivity contribution in [1.82, 2.24) is 19.8 Å². The molecule has 0 bridgehead atoms. The van der Waals surface area contributed by atoms with Crippen LogP contribution in [-0.4, -0.2) is 26.4 Å². The number of hydrogen-bond acceptors (Lipinski definition) is 4. The fraction of sp³-hybridized carbons (Fsp3) is 0.214. The van der Waals surface area contributed by atoms with Crippen molar-refractivity contribution in [2.24, 2.45) is 0 Å². The highest BCUT2D eigenvalue weighted by atomic mass is 79.9. The Bertz CT molecular complexity index is 786. The number of fused-ring (bicyclic) bond motifs is 1. The van der Waals surface area contributed by atoms with Crippen LogP contribution in [0.3, 0.4) is 0 Å². The molecule has 21 heavy (non-hydrogen) atoms. The van der Waals surface area contributed by atoms with Crippen molar-refractivity contribution in [2.45, 2.75) is 13.3 Å². The zero-order chi connectivity index (χ0) is 14.8. The van der Waals surface area contributed by atoms with Gasteiger partial charge < -0.3 is 5.32 Å². The minimum absolute atomic E-state index is 0.743. The molecule has 5 nitrogen and oxygen atoms in total. The van der Waals surface area contributed by atoms with E-state index in [1.165, 1.54) is 0 Å². The minimum atomic E-state index is 0.743. The Hall–Kier alpha value is -1.66. The summed E-state index contributed by atoms with van der Waals surface area (Å²) < 4.78 is 2.78. The maximum Gasteiger partial charge on any atom is 0.178 e. The molecule has 1 N–H and O–H groups in total. The number of nitrogens with one attached hydrogen (secondary N) is 1. The van der Waals surface area contributed by atoms with Crippen LogP contribution in [0.4, 0.5) is 5.82 Å². The molecule has 108 valence electrons. The summed E-state index contributed by atoms with van der Waals surface area (Å²) in [5, 5.41) is 16.5. The van der Waals surface area contributed by atoms with Gasteiger partial charge in [0.05, 0.1) is 0 Å². The van der Waals surface area contributed by atoms with Crippen LogP contribution in [0.25, 0.3) is 5.65 Å². The molecular formula is C14H13BrClN5. The summed E-state index contributed by atoms with van der Waals surface area (Å²) in [5.41, 5.74) is 1.91. The predicted octanol–water partition coefficient (Wildman–Crippen LogP) is 3.50. The summed E-state index contributed by atoms with van der Waals surface area (Å²) in [7, 11) is 0. The molecule has 0 aliphatic rings. The van der Waals surface area contributed by atoms with Gasteiger partial charge in [0.15, 0.2) is 11.5 Å². The lowest BCUT2D eigenvalue weighted by molar-refractivity contribution is 0.867. The normalized spacial score (nSPS) is 11.0. The fourth-order valence-corrected chi connectivity index (χ4v) is 2.69. The maximum absolute atomic E-state index is 6.01. The lowest BCUT2D eigenvalue weighted by Gasteiger charge is -2.08. The van der Waals surface area contributed by atoms with Crippen molar-refractivity contribution >= 4 is 39.0 Å². The van der Waals surface area contributed by atoms with Crippen LogP contribution in [-0.2, 0) is 6.42 Å². The van der Waals surface area contributed by atoms with Gasteiger partial charge in [0, 0.05) is 16.0 Å². The van der Waals surface area contributed by atoms with Crippen LogP contribution >= 0.6 is 27.5 Å². The zero-order valence-corrected chi connectivity index (χ0v) is 13.7. The van der Waals surface area contributed by atoms with Gasteiger partial charge in [-0.3, -0.25) is 0 Å². The summed E-state index contributed by atoms with van der Waals surface area (Å²) in [6.07, 6.45) is 0.849. The minimum Gasteiger partial charge on any atom is -0.368 e. The van der Waals surface area contributed by atoms with E-state index in [1.807, 2.05) is 37.3 Å². The Labute approximate surface area is 135 Å².